The van der Waals surface area contributed by atoms with Crippen LogP contribution >= 0.6 is 0 Å². The maximum Gasteiger partial charge on any atom is 1.00 e. The quantitative estimate of drug-likeness (QED) is 0.363. The molecule has 0 heterocycles. The Kier molecular flexibility index (Phi) is 14.8. The van der Waals surface area contributed by atoms with Crippen molar-refractivity contribution >= 4 is 5.97 Å². The Morgan fingerprint density at radius 2 is 1.83 bits per heavy atom. The molecule has 12 heavy (non-hydrogen) atoms. The van der Waals surface area contributed by atoms with E-state index >= 15 is 0 Å². The number of carbonyl (C=O) groups is 1. The summed E-state index contributed by atoms with van der Waals surface area (Å²) in [6.07, 6.45) is 0. The summed E-state index contributed by atoms with van der Waals surface area (Å²) in [4.78, 5) is 12.0. The van der Waals surface area contributed by atoms with Gasteiger partial charge in [0.05, 0.1) is 0 Å². The number of hydrogen-bond donors (Lipinski definition) is 1. The van der Waals surface area contributed by atoms with E-state index in [0.717, 1.165) is 0 Å². The van der Waals surface area contributed by atoms with Crippen LogP contribution < -0.4 is 56.5 Å². The molecule has 0 rings (SSSR count). The number of carboxylic acids is 1. The third-order valence-electron chi connectivity index (χ3n) is 0.214. The van der Waals surface area contributed by atoms with Crippen molar-refractivity contribution in [2.75, 3.05) is 6.54 Å². The zero-order chi connectivity index (χ0) is 9.49. The van der Waals surface area contributed by atoms with Gasteiger partial charge in [-0.05, 0) is 0 Å². The molecule has 0 fully saturated rings. The second-order valence-electron chi connectivity index (χ2n) is 2.82. The summed E-state index contributed by atoms with van der Waals surface area (Å²) < 4.78 is 0. The molecule has 0 radical (unpaired) electrons. The molecule has 5 heteroatoms. The average Bonchev–Trinajstić information content (AvgIpc) is 1.58. The van der Waals surface area contributed by atoms with Crippen LogP contribution in [0.2, 0.25) is 0 Å². The summed E-state index contributed by atoms with van der Waals surface area (Å²) in [6.45, 7) is 10.5. The van der Waals surface area contributed by atoms with Crippen LogP contribution in [0.3, 0.4) is 0 Å². The van der Waals surface area contributed by atoms with Gasteiger partial charge in [0.1, 0.15) is 0 Å². The first-order valence-electron chi connectivity index (χ1n) is 3.03. The molecule has 0 saturated carbocycles. The van der Waals surface area contributed by atoms with Crippen LogP contribution in [0.25, 0.3) is 4.85 Å². The van der Waals surface area contributed by atoms with Crippen LogP contribution in [0.1, 0.15) is 20.8 Å². The molecule has 0 aromatic heterocycles. The van der Waals surface area contributed by atoms with E-state index in [1.165, 1.54) is 0 Å². The largest absolute Gasteiger partial charge is 1.00 e. The van der Waals surface area contributed by atoms with Crippen LogP contribution in [-0.4, -0.2) is 23.2 Å². The van der Waals surface area contributed by atoms with E-state index in [9.17, 15) is 9.90 Å². The minimum absolute atomic E-state index is 0. The van der Waals surface area contributed by atoms with E-state index in [1.807, 2.05) is 0 Å². The molecule has 0 atom stereocenters. The molecule has 64 valence electrons. The van der Waals surface area contributed by atoms with Crippen molar-refractivity contribution in [1.82, 2.24) is 0 Å². The molecule has 0 amide bonds. The summed E-state index contributed by atoms with van der Waals surface area (Å²) >= 11 is 0. The van der Waals surface area contributed by atoms with E-state index in [4.69, 9.17) is 11.7 Å². The molecule has 0 aliphatic heterocycles. The Labute approximate surface area is 115 Å². The average molecular weight is 197 g/mol. The van der Waals surface area contributed by atoms with Crippen molar-refractivity contribution in [2.45, 2.75) is 26.4 Å². The maximum absolute atomic E-state index is 10.1. The zero-order valence-corrected chi connectivity index (χ0v) is 11.0. The standard InChI is InChI=1S/C4H9O.C3H3NO2.K/c1-4(2,3)5;1-4-2-3(5)6;/h1-3H3;2H2,(H,5,6);/q-1;;+1. The van der Waals surface area contributed by atoms with Crippen molar-refractivity contribution in [3.05, 3.63) is 11.4 Å². The first kappa shape index (κ1) is 18.4. The number of nitrogens with zero attached hydrogens (tertiary/aromatic N) is 1. The number of aliphatic carboxylic acids is 1. The Morgan fingerprint density at radius 1 is 1.58 bits per heavy atom. The number of rotatable bonds is 1. The van der Waals surface area contributed by atoms with Crippen LogP contribution in [0.4, 0.5) is 0 Å². The van der Waals surface area contributed by atoms with Gasteiger partial charge in [-0.25, -0.2) is 11.4 Å². The van der Waals surface area contributed by atoms with Gasteiger partial charge in [0, 0.05) is 0 Å². The Bertz CT molecular complexity index is 151. The topological polar surface area (TPSA) is 64.7 Å². The van der Waals surface area contributed by atoms with E-state index in [2.05, 4.69) is 4.85 Å². The minimum Gasteiger partial charge on any atom is -0.850 e. The molecule has 0 spiro atoms. The summed E-state index contributed by atoms with van der Waals surface area (Å²) in [5.74, 6) is -1.06. The van der Waals surface area contributed by atoms with E-state index in [-0.39, 0.29) is 51.4 Å². The van der Waals surface area contributed by atoms with Gasteiger partial charge >= 0.3 is 63.9 Å². The number of carboxylic acid groups (broad SMARTS) is 1. The van der Waals surface area contributed by atoms with Crippen LogP contribution in [0, 0.1) is 6.57 Å². The van der Waals surface area contributed by atoms with Gasteiger partial charge in [0.2, 0.25) is 0 Å². The third-order valence-corrected chi connectivity index (χ3v) is 0.214. The van der Waals surface area contributed by atoms with Crippen molar-refractivity contribution in [2.24, 2.45) is 0 Å². The van der Waals surface area contributed by atoms with Crippen LogP contribution in [0.15, 0.2) is 0 Å². The fourth-order valence-electron chi connectivity index (χ4n) is 0.0676. The number of hydrogen-bond acceptors (Lipinski definition) is 2. The molecule has 0 aliphatic rings. The van der Waals surface area contributed by atoms with Crippen molar-refractivity contribution in [1.29, 1.82) is 0 Å². The monoisotopic (exact) mass is 197 g/mol. The van der Waals surface area contributed by atoms with Crippen LogP contribution in [-0.2, 0) is 4.79 Å². The van der Waals surface area contributed by atoms with E-state index in [0.29, 0.717) is 0 Å². The molecular formula is C7H12KNO3. The Balaban J connectivity index is -0.000000126. The SMILES string of the molecule is CC(C)(C)[O-].[C-]#[N+]CC(=O)O.[K+]. The molecule has 0 aromatic carbocycles. The predicted molar refractivity (Wildman–Crippen MR) is 38.9 cm³/mol. The molecule has 0 aromatic rings. The smallest absolute Gasteiger partial charge is 0.850 e. The van der Waals surface area contributed by atoms with Crippen molar-refractivity contribution in [3.8, 4) is 0 Å². The minimum atomic E-state index is -1.06. The van der Waals surface area contributed by atoms with Gasteiger partial charge < -0.3 is 15.1 Å². The summed E-state index contributed by atoms with van der Waals surface area (Å²) in [5, 5.41) is 17.8. The Hall–Kier alpha value is 0.556. The van der Waals surface area contributed by atoms with Crippen molar-refractivity contribution in [3.63, 3.8) is 0 Å². The summed E-state index contributed by atoms with van der Waals surface area (Å²) in [5.41, 5.74) is -0.750. The Morgan fingerprint density at radius 3 is 1.83 bits per heavy atom. The van der Waals surface area contributed by atoms with Gasteiger partial charge in [-0.2, -0.15) is 0 Å². The normalized spacial score (nSPS) is 8.25. The molecular weight excluding hydrogens is 185 g/mol. The van der Waals surface area contributed by atoms with Gasteiger partial charge in [-0.1, -0.05) is 20.8 Å². The summed E-state index contributed by atoms with van der Waals surface area (Å²) in [7, 11) is 0. The molecule has 1 N–H and O–H groups in total. The first-order valence-corrected chi connectivity index (χ1v) is 3.03. The molecule has 0 unspecified atom stereocenters. The molecule has 0 saturated heterocycles. The molecule has 0 aliphatic carbocycles. The van der Waals surface area contributed by atoms with Gasteiger partial charge in [-0.15, -0.1) is 5.60 Å². The first-order chi connectivity index (χ1) is 4.77. The molecule has 4 nitrogen and oxygen atoms in total. The maximum atomic E-state index is 10.1. The second-order valence-corrected chi connectivity index (χ2v) is 2.82. The van der Waals surface area contributed by atoms with Crippen LogP contribution in [0.5, 0.6) is 0 Å². The fourth-order valence-corrected chi connectivity index (χ4v) is 0.0676. The van der Waals surface area contributed by atoms with Gasteiger partial charge in [0.15, 0.2) is 0 Å². The van der Waals surface area contributed by atoms with Crippen molar-refractivity contribution < 1.29 is 66.4 Å². The van der Waals surface area contributed by atoms with E-state index in [1.54, 1.807) is 20.8 Å². The third kappa shape index (κ3) is 76.2. The van der Waals surface area contributed by atoms with Gasteiger partial charge in [-0.3, -0.25) is 0 Å². The molecule has 0 bridgehead atoms. The predicted octanol–water partition coefficient (Wildman–Crippen LogP) is -2.86. The zero-order valence-electron chi connectivity index (χ0n) is 7.92. The summed E-state index contributed by atoms with van der Waals surface area (Å²) in [6, 6.07) is 0. The second kappa shape index (κ2) is 9.64. The van der Waals surface area contributed by atoms with E-state index < -0.39 is 18.1 Å². The van der Waals surface area contributed by atoms with Gasteiger partial charge in [0.25, 0.3) is 0 Å². The fraction of sp³-hybridized carbons (Fsp3) is 0.714.